The highest BCUT2D eigenvalue weighted by Gasteiger charge is 2.10. The van der Waals surface area contributed by atoms with Gasteiger partial charge in [0.2, 0.25) is 0 Å². The molecule has 0 saturated carbocycles. The quantitative estimate of drug-likeness (QED) is 0.583. The van der Waals surface area contributed by atoms with Crippen LogP contribution in [0.25, 0.3) is 0 Å². The van der Waals surface area contributed by atoms with E-state index in [0.717, 1.165) is 11.1 Å². The Kier molecular flexibility index (Phi) is 3.07. The maximum absolute atomic E-state index is 5.57. The first-order valence-corrected chi connectivity index (χ1v) is 4.83. The number of aromatic nitrogens is 1. The Hall–Kier alpha value is -1.71. The van der Waals surface area contributed by atoms with Crippen molar-refractivity contribution < 1.29 is 0 Å². The summed E-state index contributed by atoms with van der Waals surface area (Å²) < 4.78 is 0. The van der Waals surface area contributed by atoms with Crippen molar-refractivity contribution in [2.45, 2.75) is 6.04 Å². The first-order chi connectivity index (χ1) is 7.42. The molecule has 0 unspecified atom stereocenters. The zero-order valence-electron chi connectivity index (χ0n) is 8.30. The van der Waals surface area contributed by atoms with E-state index in [9.17, 15) is 0 Å². The standard InChI is InChI=1S/C12H13N3/c13-15-12(10-4-2-1-3-5-10)11-6-8-14-9-7-11/h1-9,12,15H,13H2/t12-/m1/s1. The van der Waals surface area contributed by atoms with Gasteiger partial charge in [0.25, 0.3) is 0 Å². The third kappa shape index (κ3) is 2.21. The molecule has 1 atom stereocenters. The van der Waals surface area contributed by atoms with Crippen LogP contribution >= 0.6 is 0 Å². The Morgan fingerprint density at radius 2 is 1.53 bits per heavy atom. The summed E-state index contributed by atoms with van der Waals surface area (Å²) in [7, 11) is 0. The summed E-state index contributed by atoms with van der Waals surface area (Å²) in [5.41, 5.74) is 5.06. The third-order valence-corrected chi connectivity index (χ3v) is 2.34. The Morgan fingerprint density at radius 1 is 0.933 bits per heavy atom. The predicted molar refractivity (Wildman–Crippen MR) is 59.8 cm³/mol. The highest BCUT2D eigenvalue weighted by molar-refractivity contribution is 5.29. The minimum Gasteiger partial charge on any atom is -0.271 e. The molecule has 2 rings (SSSR count). The largest absolute Gasteiger partial charge is 0.271 e. The Balaban J connectivity index is 2.34. The van der Waals surface area contributed by atoms with Gasteiger partial charge in [-0.3, -0.25) is 10.8 Å². The van der Waals surface area contributed by atoms with Crippen LogP contribution in [-0.2, 0) is 0 Å². The summed E-state index contributed by atoms with van der Waals surface area (Å²) in [6, 6.07) is 14.0. The lowest BCUT2D eigenvalue weighted by Crippen LogP contribution is -2.28. The molecule has 3 N–H and O–H groups in total. The van der Waals surface area contributed by atoms with Gasteiger partial charge in [0.15, 0.2) is 0 Å². The first-order valence-electron chi connectivity index (χ1n) is 4.83. The van der Waals surface area contributed by atoms with Gasteiger partial charge in [-0.25, -0.2) is 5.43 Å². The number of nitrogens with zero attached hydrogens (tertiary/aromatic N) is 1. The van der Waals surface area contributed by atoms with Gasteiger partial charge in [-0.1, -0.05) is 30.3 Å². The molecule has 76 valence electrons. The lowest BCUT2D eigenvalue weighted by molar-refractivity contribution is 0.636. The van der Waals surface area contributed by atoms with E-state index in [1.807, 2.05) is 42.5 Å². The third-order valence-electron chi connectivity index (χ3n) is 2.34. The van der Waals surface area contributed by atoms with Crippen LogP contribution in [0.4, 0.5) is 0 Å². The predicted octanol–water partition coefficient (Wildman–Crippen LogP) is 1.63. The summed E-state index contributed by atoms with van der Waals surface area (Å²) >= 11 is 0. The van der Waals surface area contributed by atoms with E-state index in [2.05, 4.69) is 10.4 Å². The molecule has 0 amide bonds. The van der Waals surface area contributed by atoms with Crippen LogP contribution in [0.15, 0.2) is 54.9 Å². The molecule has 1 aromatic carbocycles. The molecule has 2 aromatic rings. The number of rotatable bonds is 3. The average molecular weight is 199 g/mol. The monoisotopic (exact) mass is 199 g/mol. The molecule has 3 nitrogen and oxygen atoms in total. The van der Waals surface area contributed by atoms with Gasteiger partial charge in [-0.15, -0.1) is 0 Å². The normalized spacial score (nSPS) is 12.3. The van der Waals surface area contributed by atoms with Gasteiger partial charge >= 0.3 is 0 Å². The van der Waals surface area contributed by atoms with Crippen molar-refractivity contribution in [3.8, 4) is 0 Å². The minimum atomic E-state index is 0.0224. The first kappa shape index (κ1) is 9.83. The Morgan fingerprint density at radius 3 is 2.13 bits per heavy atom. The van der Waals surface area contributed by atoms with E-state index in [1.165, 1.54) is 0 Å². The van der Waals surface area contributed by atoms with Crippen molar-refractivity contribution in [2.75, 3.05) is 0 Å². The van der Waals surface area contributed by atoms with Crippen LogP contribution in [0.2, 0.25) is 0 Å². The summed E-state index contributed by atoms with van der Waals surface area (Å²) in [6.07, 6.45) is 3.53. The Bertz CT molecular complexity index is 360. The molecule has 1 heterocycles. The van der Waals surface area contributed by atoms with Gasteiger partial charge < -0.3 is 0 Å². The van der Waals surface area contributed by atoms with Crippen molar-refractivity contribution in [1.82, 2.24) is 10.4 Å². The maximum Gasteiger partial charge on any atom is 0.0711 e. The lowest BCUT2D eigenvalue weighted by atomic mass is 10.0. The van der Waals surface area contributed by atoms with Crippen molar-refractivity contribution >= 4 is 0 Å². The topological polar surface area (TPSA) is 50.9 Å². The van der Waals surface area contributed by atoms with E-state index in [4.69, 9.17) is 5.84 Å². The molecule has 0 saturated heterocycles. The molecule has 0 aliphatic heterocycles. The number of hydrazine groups is 1. The molecule has 0 aliphatic rings. The molecule has 0 spiro atoms. The zero-order chi connectivity index (χ0) is 10.5. The molecule has 0 aliphatic carbocycles. The molecule has 15 heavy (non-hydrogen) atoms. The van der Waals surface area contributed by atoms with Crippen LogP contribution < -0.4 is 11.3 Å². The van der Waals surface area contributed by atoms with E-state index >= 15 is 0 Å². The summed E-state index contributed by atoms with van der Waals surface area (Å²) in [5, 5.41) is 0. The highest BCUT2D eigenvalue weighted by Crippen LogP contribution is 2.19. The molecule has 0 radical (unpaired) electrons. The molecule has 1 aromatic heterocycles. The van der Waals surface area contributed by atoms with Crippen molar-refractivity contribution in [2.24, 2.45) is 5.84 Å². The molecular weight excluding hydrogens is 186 g/mol. The van der Waals surface area contributed by atoms with Crippen LogP contribution in [0.1, 0.15) is 17.2 Å². The smallest absolute Gasteiger partial charge is 0.0711 e. The second-order valence-corrected chi connectivity index (χ2v) is 3.29. The number of hydrogen-bond acceptors (Lipinski definition) is 3. The molecule has 3 heteroatoms. The zero-order valence-corrected chi connectivity index (χ0v) is 8.30. The second kappa shape index (κ2) is 4.68. The molecule has 0 bridgehead atoms. The summed E-state index contributed by atoms with van der Waals surface area (Å²) in [4.78, 5) is 3.99. The van der Waals surface area contributed by atoms with Gasteiger partial charge in [0.1, 0.15) is 0 Å². The van der Waals surface area contributed by atoms with Gasteiger partial charge in [-0.2, -0.15) is 0 Å². The van der Waals surface area contributed by atoms with Gasteiger partial charge in [0, 0.05) is 12.4 Å². The fourth-order valence-electron chi connectivity index (χ4n) is 1.59. The summed E-state index contributed by atoms with van der Waals surface area (Å²) in [5.74, 6) is 5.57. The molecule has 0 fully saturated rings. The minimum absolute atomic E-state index is 0.0224. The number of nitrogens with two attached hydrogens (primary N) is 1. The lowest BCUT2D eigenvalue weighted by Gasteiger charge is -2.16. The second-order valence-electron chi connectivity index (χ2n) is 3.29. The Labute approximate surface area is 88.9 Å². The van der Waals surface area contributed by atoms with E-state index in [-0.39, 0.29) is 6.04 Å². The number of benzene rings is 1. The number of pyridine rings is 1. The van der Waals surface area contributed by atoms with E-state index in [0.29, 0.717) is 0 Å². The van der Waals surface area contributed by atoms with Gasteiger partial charge in [0.05, 0.1) is 6.04 Å². The maximum atomic E-state index is 5.57. The fraction of sp³-hybridized carbons (Fsp3) is 0.0833. The molecular formula is C12H13N3. The van der Waals surface area contributed by atoms with Crippen LogP contribution in [0.5, 0.6) is 0 Å². The fourth-order valence-corrected chi connectivity index (χ4v) is 1.59. The SMILES string of the molecule is NN[C@H](c1ccccc1)c1ccncc1. The van der Waals surface area contributed by atoms with E-state index in [1.54, 1.807) is 12.4 Å². The van der Waals surface area contributed by atoms with Crippen molar-refractivity contribution in [3.63, 3.8) is 0 Å². The van der Waals surface area contributed by atoms with Crippen LogP contribution in [0, 0.1) is 0 Å². The van der Waals surface area contributed by atoms with Crippen LogP contribution in [0.3, 0.4) is 0 Å². The van der Waals surface area contributed by atoms with E-state index < -0.39 is 0 Å². The summed E-state index contributed by atoms with van der Waals surface area (Å²) in [6.45, 7) is 0. The number of hydrogen-bond donors (Lipinski definition) is 2. The van der Waals surface area contributed by atoms with Crippen LogP contribution in [-0.4, -0.2) is 4.98 Å². The highest BCUT2D eigenvalue weighted by atomic mass is 15.2. The van der Waals surface area contributed by atoms with Crippen molar-refractivity contribution in [1.29, 1.82) is 0 Å². The van der Waals surface area contributed by atoms with Gasteiger partial charge in [-0.05, 0) is 23.3 Å². The van der Waals surface area contributed by atoms with Crippen molar-refractivity contribution in [3.05, 3.63) is 66.0 Å². The number of nitrogens with one attached hydrogen (secondary N) is 1. The average Bonchev–Trinajstić information content (AvgIpc) is 2.33.